The quantitative estimate of drug-likeness (QED) is 0.175. The van der Waals surface area contributed by atoms with Gasteiger partial charge in [-0.15, -0.1) is 0 Å². The zero-order chi connectivity index (χ0) is 25.2. The van der Waals surface area contributed by atoms with Gasteiger partial charge in [0.15, 0.2) is 11.5 Å². The minimum absolute atomic E-state index is 0.139. The number of carbonyl (C=O) groups is 2. The predicted molar refractivity (Wildman–Crippen MR) is 126 cm³/mol. The highest BCUT2D eigenvalue weighted by Crippen LogP contribution is 2.41. The van der Waals surface area contributed by atoms with Gasteiger partial charge in [0.2, 0.25) is 0 Å². The third kappa shape index (κ3) is 4.26. The van der Waals surface area contributed by atoms with Crippen molar-refractivity contribution in [1.82, 2.24) is 14.5 Å². The summed E-state index contributed by atoms with van der Waals surface area (Å²) in [6.07, 6.45) is 5.57. The Balaban J connectivity index is 1.56. The van der Waals surface area contributed by atoms with Crippen molar-refractivity contribution in [2.75, 3.05) is 19.8 Å². The molecule has 5 rings (SSSR count). The first kappa shape index (κ1) is 23.1. The highest BCUT2D eigenvalue weighted by molar-refractivity contribution is 6.46. The molecule has 2 aromatic carbocycles. The standard InChI is InChI=1S/C25H22N4O7/c30-23(17-5-6-19-20(14-17)36-12-11-35-19)21-22(16-3-1-4-18(13-16)29(33)34)28(25(32)24(21)31)9-2-8-27-10-7-26-15-27/h1,3-7,10,13-15,22,30H,2,8-9,11-12H2/t22-/m1/s1. The van der Waals surface area contributed by atoms with Gasteiger partial charge >= 0.3 is 0 Å². The number of fused-ring (bicyclic) bond motifs is 1. The number of rotatable bonds is 7. The Bertz CT molecular complexity index is 1370. The maximum Gasteiger partial charge on any atom is 0.295 e. The molecule has 3 heterocycles. The number of Topliss-reactive ketones (excluding diaryl/α,β-unsaturated/α-hetero) is 1. The molecule has 1 N–H and O–H groups in total. The molecule has 1 atom stereocenters. The van der Waals surface area contributed by atoms with Crippen molar-refractivity contribution in [1.29, 1.82) is 0 Å². The Labute approximate surface area is 205 Å². The second-order valence-electron chi connectivity index (χ2n) is 8.36. The second-order valence-corrected chi connectivity index (χ2v) is 8.36. The molecule has 0 spiro atoms. The van der Waals surface area contributed by atoms with Crippen LogP contribution in [-0.2, 0) is 16.1 Å². The van der Waals surface area contributed by atoms with Gasteiger partial charge in [-0.25, -0.2) is 4.98 Å². The van der Waals surface area contributed by atoms with Crippen LogP contribution < -0.4 is 9.47 Å². The lowest BCUT2D eigenvalue weighted by molar-refractivity contribution is -0.384. The first-order valence-electron chi connectivity index (χ1n) is 11.3. The van der Waals surface area contributed by atoms with Crippen LogP contribution in [0.15, 0.2) is 66.8 Å². The van der Waals surface area contributed by atoms with Crippen LogP contribution in [0.1, 0.15) is 23.6 Å². The molecule has 1 fully saturated rings. The van der Waals surface area contributed by atoms with Gasteiger partial charge in [0.1, 0.15) is 19.0 Å². The van der Waals surface area contributed by atoms with E-state index in [1.54, 1.807) is 43.0 Å². The number of hydrogen-bond acceptors (Lipinski definition) is 8. The number of likely N-dealkylation sites (tertiary alicyclic amines) is 1. The summed E-state index contributed by atoms with van der Waals surface area (Å²) in [6.45, 7) is 1.47. The van der Waals surface area contributed by atoms with Gasteiger partial charge in [0, 0.05) is 43.2 Å². The maximum atomic E-state index is 13.2. The van der Waals surface area contributed by atoms with Gasteiger partial charge in [0.25, 0.3) is 17.4 Å². The van der Waals surface area contributed by atoms with E-state index in [2.05, 4.69) is 4.98 Å². The molecular formula is C25H22N4O7. The largest absolute Gasteiger partial charge is 0.507 e. The molecule has 36 heavy (non-hydrogen) atoms. The van der Waals surface area contributed by atoms with Crippen molar-refractivity contribution in [2.24, 2.45) is 0 Å². The van der Waals surface area contributed by atoms with E-state index in [0.29, 0.717) is 43.2 Å². The van der Waals surface area contributed by atoms with Crippen LogP contribution in [0.3, 0.4) is 0 Å². The number of ketones is 1. The zero-order valence-electron chi connectivity index (χ0n) is 19.1. The van der Waals surface area contributed by atoms with Gasteiger partial charge in [-0.2, -0.15) is 0 Å². The van der Waals surface area contributed by atoms with Gasteiger partial charge in [0.05, 0.1) is 22.9 Å². The van der Waals surface area contributed by atoms with Crippen LogP contribution in [0.5, 0.6) is 11.5 Å². The Hall–Kier alpha value is -4.67. The van der Waals surface area contributed by atoms with Crippen LogP contribution in [0.25, 0.3) is 5.76 Å². The van der Waals surface area contributed by atoms with E-state index in [-0.39, 0.29) is 29.1 Å². The highest BCUT2D eigenvalue weighted by Gasteiger charge is 2.46. The number of amides is 1. The number of nitro groups is 1. The molecule has 3 aromatic rings. The SMILES string of the molecule is O=C1C(=O)N(CCCn2ccnc2)[C@H](c2cccc([N+](=O)[O-])c2)C1=C(O)c1ccc2c(c1)OCCO2. The summed E-state index contributed by atoms with van der Waals surface area (Å²) < 4.78 is 12.9. The smallest absolute Gasteiger partial charge is 0.295 e. The summed E-state index contributed by atoms with van der Waals surface area (Å²) in [6, 6.07) is 9.47. The van der Waals surface area contributed by atoms with E-state index in [4.69, 9.17) is 9.47 Å². The number of aliphatic hydroxyl groups is 1. The lowest BCUT2D eigenvalue weighted by Crippen LogP contribution is -2.31. The van der Waals surface area contributed by atoms with Crippen LogP contribution in [0, 0.1) is 10.1 Å². The average molecular weight is 490 g/mol. The molecular weight excluding hydrogens is 468 g/mol. The number of aliphatic hydroxyl groups excluding tert-OH is 1. The number of aryl methyl sites for hydroxylation is 1. The fraction of sp³-hybridized carbons (Fsp3) is 0.240. The number of aromatic nitrogens is 2. The lowest BCUT2D eigenvalue weighted by atomic mass is 9.94. The third-order valence-electron chi connectivity index (χ3n) is 6.13. The molecule has 1 saturated heterocycles. The molecule has 0 radical (unpaired) electrons. The number of hydrogen-bond donors (Lipinski definition) is 1. The molecule has 2 aliphatic heterocycles. The number of carbonyl (C=O) groups excluding carboxylic acids is 2. The monoisotopic (exact) mass is 490 g/mol. The predicted octanol–water partition coefficient (Wildman–Crippen LogP) is 3.07. The first-order chi connectivity index (χ1) is 17.4. The van der Waals surface area contributed by atoms with Crippen LogP contribution in [0.2, 0.25) is 0 Å². The Morgan fingerprint density at radius 1 is 1.11 bits per heavy atom. The topological polar surface area (TPSA) is 137 Å². The van der Waals surface area contributed by atoms with Gasteiger partial charge in [-0.1, -0.05) is 12.1 Å². The van der Waals surface area contributed by atoms with Crippen molar-refractivity contribution in [3.63, 3.8) is 0 Å². The maximum absolute atomic E-state index is 13.2. The van der Waals surface area contributed by atoms with E-state index < -0.39 is 22.7 Å². The number of benzene rings is 2. The van der Waals surface area contributed by atoms with Gasteiger partial charge in [-0.05, 0) is 30.2 Å². The average Bonchev–Trinajstić information content (AvgIpc) is 3.50. The summed E-state index contributed by atoms with van der Waals surface area (Å²) in [5, 5.41) is 22.7. The van der Waals surface area contributed by atoms with Crippen molar-refractivity contribution in [2.45, 2.75) is 19.0 Å². The van der Waals surface area contributed by atoms with E-state index in [0.717, 1.165) is 0 Å². The summed E-state index contributed by atoms with van der Waals surface area (Å²) in [7, 11) is 0. The molecule has 1 aromatic heterocycles. The van der Waals surface area contributed by atoms with Crippen molar-refractivity contribution >= 4 is 23.1 Å². The van der Waals surface area contributed by atoms with Crippen molar-refractivity contribution < 1.29 is 29.1 Å². The molecule has 2 aliphatic rings. The van der Waals surface area contributed by atoms with Crippen LogP contribution in [-0.4, -0.2) is 55.9 Å². The number of ether oxygens (including phenoxy) is 2. The molecule has 184 valence electrons. The minimum atomic E-state index is -0.999. The summed E-state index contributed by atoms with van der Waals surface area (Å²) in [5.74, 6) is -1.11. The van der Waals surface area contributed by atoms with Crippen molar-refractivity contribution in [3.8, 4) is 11.5 Å². The summed E-state index contributed by atoms with van der Waals surface area (Å²) >= 11 is 0. The number of imidazole rings is 1. The molecule has 11 heteroatoms. The van der Waals surface area contributed by atoms with E-state index in [1.165, 1.54) is 23.1 Å². The van der Waals surface area contributed by atoms with E-state index in [9.17, 15) is 24.8 Å². The molecule has 0 aliphatic carbocycles. The Morgan fingerprint density at radius 2 is 1.92 bits per heavy atom. The molecule has 0 bridgehead atoms. The lowest BCUT2D eigenvalue weighted by Gasteiger charge is -2.25. The van der Waals surface area contributed by atoms with Crippen LogP contribution >= 0.6 is 0 Å². The molecule has 0 saturated carbocycles. The van der Waals surface area contributed by atoms with Crippen LogP contribution in [0.4, 0.5) is 5.69 Å². The zero-order valence-corrected chi connectivity index (χ0v) is 19.1. The Morgan fingerprint density at radius 3 is 2.67 bits per heavy atom. The van der Waals surface area contributed by atoms with E-state index in [1.807, 2.05) is 4.57 Å². The number of nitrogens with zero attached hydrogens (tertiary/aromatic N) is 4. The Kier molecular flexibility index (Phi) is 6.11. The summed E-state index contributed by atoms with van der Waals surface area (Å²) in [4.78, 5) is 42.5. The normalized spacial score (nSPS) is 18.4. The number of non-ortho nitro benzene ring substituents is 1. The summed E-state index contributed by atoms with van der Waals surface area (Å²) in [5.41, 5.74) is 0.298. The number of nitro benzene ring substituents is 1. The molecule has 0 unspecified atom stereocenters. The van der Waals surface area contributed by atoms with E-state index >= 15 is 0 Å². The fourth-order valence-electron chi connectivity index (χ4n) is 4.45. The third-order valence-corrected chi connectivity index (χ3v) is 6.13. The first-order valence-corrected chi connectivity index (χ1v) is 11.3. The van der Waals surface area contributed by atoms with Gasteiger partial charge < -0.3 is 24.0 Å². The second kappa shape index (κ2) is 9.53. The molecule has 1 amide bonds. The molecule has 11 nitrogen and oxygen atoms in total. The fourth-order valence-corrected chi connectivity index (χ4v) is 4.45. The highest BCUT2D eigenvalue weighted by atomic mass is 16.6. The minimum Gasteiger partial charge on any atom is -0.507 e. The van der Waals surface area contributed by atoms with Gasteiger partial charge in [-0.3, -0.25) is 19.7 Å². The van der Waals surface area contributed by atoms with Crippen molar-refractivity contribution in [3.05, 3.63) is 88.0 Å².